The van der Waals surface area contributed by atoms with Gasteiger partial charge in [0.25, 0.3) is 0 Å². The Morgan fingerprint density at radius 1 is 0.795 bits per heavy atom. The fourth-order valence-corrected chi connectivity index (χ4v) is 5.56. The van der Waals surface area contributed by atoms with Crippen LogP contribution in [-0.4, -0.2) is 64.2 Å². The van der Waals surface area contributed by atoms with Crippen molar-refractivity contribution in [3.63, 3.8) is 0 Å². The smallest absolute Gasteiger partial charge is 0.225 e. The second kappa shape index (κ2) is 19.5. The van der Waals surface area contributed by atoms with Crippen molar-refractivity contribution < 1.29 is 33.2 Å². The summed E-state index contributed by atoms with van der Waals surface area (Å²) in [6.07, 6.45) is 6.22. The molecule has 7 nitrogen and oxygen atoms in total. The number of ether oxygens (including phenoxy) is 6. The zero-order valence-corrected chi connectivity index (χ0v) is 28.1. The van der Waals surface area contributed by atoms with E-state index in [9.17, 15) is 4.79 Å². The lowest BCUT2D eigenvalue weighted by Gasteiger charge is -2.51. The number of methoxy groups -OCH3 is 1. The van der Waals surface area contributed by atoms with Crippen LogP contribution >= 0.6 is 11.6 Å². The maximum atomic E-state index is 12.6. The SMILES string of the molecule is CCCCOc1ccc(Cc2cc([C@]3(OC)O[C@H](C=O)[C@@H](OCCCC)[C@H](OCCCC)[C@H]3OCCCC)ccc2Cl)cc1. The van der Waals surface area contributed by atoms with Crippen LogP contribution in [0.5, 0.6) is 5.75 Å². The van der Waals surface area contributed by atoms with E-state index < -0.39 is 30.2 Å². The number of benzene rings is 2. The first kappa shape index (κ1) is 36.5. The summed E-state index contributed by atoms with van der Waals surface area (Å²) >= 11 is 6.75. The molecule has 0 amide bonds. The molecular weight excluding hydrogens is 580 g/mol. The number of rotatable bonds is 21. The Hall–Kier alpha value is -2.00. The molecule has 2 aromatic rings. The number of halogens is 1. The highest BCUT2D eigenvalue weighted by Crippen LogP contribution is 2.43. The Balaban J connectivity index is 2.00. The van der Waals surface area contributed by atoms with Crippen LogP contribution in [0.4, 0.5) is 0 Å². The van der Waals surface area contributed by atoms with Crippen LogP contribution in [0.25, 0.3) is 0 Å². The monoisotopic (exact) mass is 632 g/mol. The van der Waals surface area contributed by atoms with Crippen LogP contribution in [0.15, 0.2) is 42.5 Å². The molecule has 246 valence electrons. The molecule has 44 heavy (non-hydrogen) atoms. The van der Waals surface area contributed by atoms with Gasteiger partial charge in [-0.25, -0.2) is 0 Å². The van der Waals surface area contributed by atoms with Gasteiger partial charge in [0.1, 0.15) is 30.2 Å². The minimum absolute atomic E-state index is 0.490. The van der Waals surface area contributed by atoms with E-state index in [1.54, 1.807) is 7.11 Å². The molecule has 0 bridgehead atoms. The second-order valence-electron chi connectivity index (χ2n) is 11.4. The summed E-state index contributed by atoms with van der Waals surface area (Å²) in [5.41, 5.74) is 2.71. The van der Waals surface area contributed by atoms with Crippen molar-refractivity contribution in [2.75, 3.05) is 33.5 Å². The summed E-state index contributed by atoms with van der Waals surface area (Å²) in [7, 11) is 1.59. The maximum absolute atomic E-state index is 12.6. The summed E-state index contributed by atoms with van der Waals surface area (Å²) in [6, 6.07) is 13.8. The molecular formula is C36H53ClO7. The van der Waals surface area contributed by atoms with Gasteiger partial charge in [0.2, 0.25) is 5.79 Å². The van der Waals surface area contributed by atoms with E-state index in [1.807, 2.05) is 30.3 Å². The van der Waals surface area contributed by atoms with Crippen LogP contribution in [0.2, 0.25) is 5.02 Å². The molecule has 8 heteroatoms. The van der Waals surface area contributed by atoms with Crippen molar-refractivity contribution in [3.8, 4) is 5.75 Å². The number of carbonyl (C=O) groups is 1. The number of aldehydes is 1. The van der Waals surface area contributed by atoms with Gasteiger partial charge in [0.05, 0.1) is 6.61 Å². The van der Waals surface area contributed by atoms with E-state index in [-0.39, 0.29) is 0 Å². The molecule has 1 aliphatic heterocycles. The highest BCUT2D eigenvalue weighted by molar-refractivity contribution is 6.31. The minimum Gasteiger partial charge on any atom is -0.494 e. The van der Waals surface area contributed by atoms with E-state index in [0.717, 1.165) is 74.5 Å². The van der Waals surface area contributed by atoms with Gasteiger partial charge in [-0.05, 0) is 67.5 Å². The van der Waals surface area contributed by atoms with Crippen LogP contribution in [0, 0.1) is 0 Å². The zero-order chi connectivity index (χ0) is 31.8. The normalized spacial score (nSPS) is 23.5. The molecule has 0 unspecified atom stereocenters. The van der Waals surface area contributed by atoms with Crippen molar-refractivity contribution in [1.29, 1.82) is 0 Å². The Labute approximate surface area is 269 Å². The third-order valence-electron chi connectivity index (χ3n) is 8.01. The van der Waals surface area contributed by atoms with Crippen LogP contribution in [0.3, 0.4) is 0 Å². The van der Waals surface area contributed by atoms with Gasteiger partial charge in [-0.2, -0.15) is 0 Å². The largest absolute Gasteiger partial charge is 0.494 e. The predicted molar refractivity (Wildman–Crippen MR) is 175 cm³/mol. The highest BCUT2D eigenvalue weighted by Gasteiger charge is 2.58. The van der Waals surface area contributed by atoms with Gasteiger partial charge < -0.3 is 33.2 Å². The number of carbonyl (C=O) groups excluding carboxylic acids is 1. The molecule has 2 aromatic carbocycles. The van der Waals surface area contributed by atoms with E-state index in [2.05, 4.69) is 39.8 Å². The van der Waals surface area contributed by atoms with Crippen LogP contribution < -0.4 is 4.74 Å². The van der Waals surface area contributed by atoms with Crippen molar-refractivity contribution in [2.45, 2.75) is 116 Å². The average Bonchev–Trinajstić information content (AvgIpc) is 3.04. The zero-order valence-electron chi connectivity index (χ0n) is 27.4. The fraction of sp³-hybridized carbons (Fsp3) is 0.639. The summed E-state index contributed by atoms with van der Waals surface area (Å²) in [4.78, 5) is 12.6. The minimum atomic E-state index is -1.42. The Morgan fingerprint density at radius 3 is 1.98 bits per heavy atom. The van der Waals surface area contributed by atoms with Gasteiger partial charge >= 0.3 is 0 Å². The van der Waals surface area contributed by atoms with Gasteiger partial charge in [0.15, 0.2) is 6.29 Å². The molecule has 1 saturated heterocycles. The Kier molecular flexibility index (Phi) is 16.2. The molecule has 1 fully saturated rings. The summed E-state index contributed by atoms with van der Waals surface area (Å²) in [6.45, 7) is 10.7. The topological polar surface area (TPSA) is 72.5 Å². The Bertz CT molecular complexity index is 1090. The van der Waals surface area contributed by atoms with E-state index in [1.165, 1.54) is 0 Å². The number of unbranched alkanes of at least 4 members (excludes halogenated alkanes) is 4. The van der Waals surface area contributed by atoms with Gasteiger partial charge in [0, 0.05) is 37.5 Å². The lowest BCUT2D eigenvalue weighted by atomic mass is 9.86. The highest BCUT2D eigenvalue weighted by atomic mass is 35.5. The van der Waals surface area contributed by atoms with Crippen LogP contribution in [-0.2, 0) is 40.7 Å². The summed E-state index contributed by atoms with van der Waals surface area (Å²) in [5, 5.41) is 0.631. The molecule has 3 rings (SSSR count). The van der Waals surface area contributed by atoms with Crippen molar-refractivity contribution >= 4 is 17.9 Å². The van der Waals surface area contributed by atoms with E-state index in [4.69, 9.17) is 40.0 Å². The Morgan fingerprint density at radius 2 is 1.39 bits per heavy atom. The molecule has 0 N–H and O–H groups in total. The summed E-state index contributed by atoms with van der Waals surface area (Å²) < 4.78 is 38.1. The lowest BCUT2D eigenvalue weighted by Crippen LogP contribution is -2.66. The fourth-order valence-electron chi connectivity index (χ4n) is 5.37. The molecule has 1 aliphatic rings. The molecule has 5 atom stereocenters. The van der Waals surface area contributed by atoms with Crippen LogP contribution in [0.1, 0.15) is 95.8 Å². The van der Waals surface area contributed by atoms with Gasteiger partial charge in [-0.3, -0.25) is 0 Å². The molecule has 1 heterocycles. The van der Waals surface area contributed by atoms with Crippen molar-refractivity contribution in [1.82, 2.24) is 0 Å². The second-order valence-corrected chi connectivity index (χ2v) is 11.8. The first-order valence-corrected chi connectivity index (χ1v) is 16.9. The first-order valence-electron chi connectivity index (χ1n) is 16.5. The third-order valence-corrected chi connectivity index (χ3v) is 8.38. The molecule has 0 radical (unpaired) electrons. The van der Waals surface area contributed by atoms with Gasteiger partial charge in [-0.1, -0.05) is 83.2 Å². The van der Waals surface area contributed by atoms with Crippen molar-refractivity contribution in [2.24, 2.45) is 0 Å². The number of hydrogen-bond acceptors (Lipinski definition) is 7. The van der Waals surface area contributed by atoms with Gasteiger partial charge in [-0.15, -0.1) is 0 Å². The summed E-state index contributed by atoms with van der Waals surface area (Å²) in [5.74, 6) is -0.565. The maximum Gasteiger partial charge on any atom is 0.225 e. The third kappa shape index (κ3) is 9.75. The first-order chi connectivity index (χ1) is 21.5. The average molecular weight is 633 g/mol. The predicted octanol–water partition coefficient (Wildman–Crippen LogP) is 8.06. The molecule has 0 saturated carbocycles. The lowest BCUT2D eigenvalue weighted by molar-refractivity contribution is -0.370. The molecule has 0 spiro atoms. The van der Waals surface area contributed by atoms with E-state index in [0.29, 0.717) is 43.4 Å². The molecule has 0 aromatic heterocycles. The van der Waals surface area contributed by atoms with E-state index >= 15 is 0 Å². The quantitative estimate of drug-likeness (QED) is 0.102. The van der Waals surface area contributed by atoms with Crippen molar-refractivity contribution in [3.05, 3.63) is 64.2 Å². The standard InChI is InChI=1S/C36H53ClO7/c1-6-10-20-40-30-17-14-27(15-18-30)24-28-25-29(16-19-31(28)37)36(39-5)35(43-23-13-9-4)34(42-22-12-8-3)33(32(26-38)44-36)41-21-11-7-2/h14-19,25-26,32-35H,6-13,20-24H2,1-5H3/t32-,33-,34+,35-,36+/m1/s1. The number of hydrogen-bond donors (Lipinski definition) is 0. The molecule has 0 aliphatic carbocycles.